The van der Waals surface area contributed by atoms with Crippen LogP contribution in [0.4, 0.5) is 10.1 Å². The van der Waals surface area contributed by atoms with Crippen molar-refractivity contribution in [3.63, 3.8) is 0 Å². The molecule has 0 aliphatic rings. The van der Waals surface area contributed by atoms with Gasteiger partial charge in [-0.2, -0.15) is 0 Å². The highest BCUT2D eigenvalue weighted by Crippen LogP contribution is 2.34. The van der Waals surface area contributed by atoms with Crippen molar-refractivity contribution in [2.75, 3.05) is 18.9 Å². The Morgan fingerprint density at radius 1 is 0.889 bits per heavy atom. The Hall–Kier alpha value is -3.06. The van der Waals surface area contributed by atoms with E-state index >= 15 is 0 Å². The van der Waals surface area contributed by atoms with Crippen molar-refractivity contribution in [1.29, 1.82) is 0 Å². The summed E-state index contributed by atoms with van der Waals surface area (Å²) in [5.41, 5.74) is 1.88. The normalized spacial score (nSPS) is 11.1. The van der Waals surface area contributed by atoms with Crippen molar-refractivity contribution in [3.05, 3.63) is 72.5 Å². The van der Waals surface area contributed by atoms with Gasteiger partial charge in [0.05, 0.1) is 19.1 Å². The lowest BCUT2D eigenvalue weighted by Crippen LogP contribution is -2.13. The SMILES string of the molecule is COc1ccc(-c2cc(NS(=O)(=O)c3cccc(F)c3)ccc2OC)cc1. The third kappa shape index (κ3) is 4.20. The standard InChI is InChI=1S/C20H18FNO4S/c1-25-17-9-6-14(7-10-17)19-13-16(8-11-20(19)26-2)22-27(23,24)18-5-3-4-15(21)12-18/h3-13,22H,1-2H3. The minimum Gasteiger partial charge on any atom is -0.497 e. The van der Waals surface area contributed by atoms with E-state index in [0.717, 1.165) is 11.6 Å². The van der Waals surface area contributed by atoms with Crippen LogP contribution in [0, 0.1) is 5.82 Å². The zero-order chi connectivity index (χ0) is 19.4. The van der Waals surface area contributed by atoms with E-state index in [1.165, 1.54) is 18.2 Å². The first-order chi connectivity index (χ1) is 12.9. The summed E-state index contributed by atoms with van der Waals surface area (Å²) >= 11 is 0. The summed E-state index contributed by atoms with van der Waals surface area (Å²) in [4.78, 5) is -0.149. The van der Waals surface area contributed by atoms with Crippen LogP contribution in [0.25, 0.3) is 11.1 Å². The van der Waals surface area contributed by atoms with E-state index in [4.69, 9.17) is 9.47 Å². The maximum Gasteiger partial charge on any atom is 0.261 e. The molecule has 3 rings (SSSR count). The molecule has 3 aromatic rings. The molecule has 3 aromatic carbocycles. The van der Waals surface area contributed by atoms with Crippen LogP contribution in [0.1, 0.15) is 0 Å². The third-order valence-corrected chi connectivity index (χ3v) is 5.34. The molecule has 27 heavy (non-hydrogen) atoms. The molecule has 1 N–H and O–H groups in total. The maximum atomic E-state index is 13.4. The molecule has 0 fully saturated rings. The second-order valence-electron chi connectivity index (χ2n) is 5.71. The Kier molecular flexibility index (Phi) is 5.32. The van der Waals surface area contributed by atoms with E-state index in [0.29, 0.717) is 22.7 Å². The van der Waals surface area contributed by atoms with Gasteiger partial charge in [-0.25, -0.2) is 12.8 Å². The van der Waals surface area contributed by atoms with Crippen LogP contribution >= 0.6 is 0 Å². The Morgan fingerprint density at radius 3 is 2.26 bits per heavy atom. The Bertz CT molecular complexity index is 1050. The summed E-state index contributed by atoms with van der Waals surface area (Å²) in [6.07, 6.45) is 0. The minimum atomic E-state index is -3.92. The van der Waals surface area contributed by atoms with Crippen LogP contribution in [-0.2, 0) is 10.0 Å². The van der Waals surface area contributed by atoms with E-state index in [-0.39, 0.29) is 4.90 Å². The molecule has 7 heteroatoms. The molecule has 0 heterocycles. The van der Waals surface area contributed by atoms with E-state index in [2.05, 4.69) is 4.72 Å². The Labute approximate surface area is 157 Å². The van der Waals surface area contributed by atoms with E-state index in [1.807, 2.05) is 12.1 Å². The lowest BCUT2D eigenvalue weighted by atomic mass is 10.0. The Balaban J connectivity index is 1.97. The molecule has 0 saturated heterocycles. The number of methoxy groups -OCH3 is 2. The first kappa shape index (κ1) is 18.7. The second kappa shape index (κ2) is 7.67. The molecular weight excluding hydrogens is 369 g/mol. The topological polar surface area (TPSA) is 64.6 Å². The third-order valence-electron chi connectivity index (χ3n) is 3.96. The summed E-state index contributed by atoms with van der Waals surface area (Å²) in [5, 5.41) is 0. The summed E-state index contributed by atoms with van der Waals surface area (Å²) in [6, 6.07) is 17.1. The van der Waals surface area contributed by atoms with Crippen LogP contribution < -0.4 is 14.2 Å². The van der Waals surface area contributed by atoms with Crippen molar-refractivity contribution in [1.82, 2.24) is 0 Å². The molecule has 5 nitrogen and oxygen atoms in total. The highest BCUT2D eigenvalue weighted by atomic mass is 32.2. The number of nitrogens with one attached hydrogen (secondary N) is 1. The van der Waals surface area contributed by atoms with Crippen molar-refractivity contribution < 1.29 is 22.3 Å². The smallest absolute Gasteiger partial charge is 0.261 e. The first-order valence-corrected chi connectivity index (χ1v) is 9.52. The second-order valence-corrected chi connectivity index (χ2v) is 7.39. The highest BCUT2D eigenvalue weighted by Gasteiger charge is 2.16. The fraction of sp³-hybridized carbons (Fsp3) is 0.100. The largest absolute Gasteiger partial charge is 0.497 e. The Morgan fingerprint density at radius 2 is 1.63 bits per heavy atom. The summed E-state index contributed by atoms with van der Waals surface area (Å²) < 4.78 is 51.4. The number of ether oxygens (including phenoxy) is 2. The number of benzene rings is 3. The van der Waals surface area contributed by atoms with Crippen molar-refractivity contribution >= 4 is 15.7 Å². The molecule has 0 aliphatic carbocycles. The fourth-order valence-electron chi connectivity index (χ4n) is 2.62. The van der Waals surface area contributed by atoms with Crippen LogP contribution in [0.3, 0.4) is 0 Å². The van der Waals surface area contributed by atoms with Gasteiger partial charge in [-0.05, 0) is 54.1 Å². The molecule has 140 valence electrons. The number of halogens is 1. The number of rotatable bonds is 6. The average molecular weight is 387 g/mol. The lowest BCUT2D eigenvalue weighted by Gasteiger charge is -2.13. The molecule has 0 saturated carbocycles. The zero-order valence-electron chi connectivity index (χ0n) is 14.8. The van der Waals surface area contributed by atoms with Gasteiger partial charge in [-0.15, -0.1) is 0 Å². The molecule has 0 spiro atoms. The number of anilines is 1. The van der Waals surface area contributed by atoms with Crippen LogP contribution in [0.15, 0.2) is 71.6 Å². The van der Waals surface area contributed by atoms with E-state index < -0.39 is 15.8 Å². The van der Waals surface area contributed by atoms with Crippen molar-refractivity contribution in [2.45, 2.75) is 4.90 Å². The molecule has 0 bridgehead atoms. The first-order valence-electron chi connectivity index (χ1n) is 8.04. The number of sulfonamides is 1. The lowest BCUT2D eigenvalue weighted by molar-refractivity contribution is 0.414. The van der Waals surface area contributed by atoms with Gasteiger partial charge < -0.3 is 9.47 Å². The average Bonchev–Trinajstić information content (AvgIpc) is 2.68. The number of hydrogen-bond acceptors (Lipinski definition) is 4. The quantitative estimate of drug-likeness (QED) is 0.685. The van der Waals surface area contributed by atoms with Gasteiger partial charge in [-0.3, -0.25) is 4.72 Å². The van der Waals surface area contributed by atoms with Gasteiger partial charge in [0.1, 0.15) is 17.3 Å². The molecule has 0 unspecified atom stereocenters. The van der Waals surface area contributed by atoms with E-state index in [9.17, 15) is 12.8 Å². The highest BCUT2D eigenvalue weighted by molar-refractivity contribution is 7.92. The molecule has 0 aromatic heterocycles. The summed E-state index contributed by atoms with van der Waals surface area (Å²) in [6.45, 7) is 0. The van der Waals surface area contributed by atoms with Crippen LogP contribution in [0.2, 0.25) is 0 Å². The zero-order valence-corrected chi connectivity index (χ0v) is 15.6. The predicted octanol–water partition coefficient (Wildman–Crippen LogP) is 4.31. The molecule has 0 aliphatic heterocycles. The van der Waals surface area contributed by atoms with Crippen molar-refractivity contribution in [3.8, 4) is 22.6 Å². The van der Waals surface area contributed by atoms with Gasteiger partial charge in [0, 0.05) is 11.3 Å². The maximum absolute atomic E-state index is 13.4. The summed E-state index contributed by atoms with van der Waals surface area (Å²) in [5.74, 6) is 0.682. The molecular formula is C20H18FNO4S. The molecule has 0 atom stereocenters. The molecule has 0 radical (unpaired) electrons. The molecule has 0 amide bonds. The van der Waals surface area contributed by atoms with Crippen LogP contribution in [-0.4, -0.2) is 22.6 Å². The van der Waals surface area contributed by atoms with Crippen LogP contribution in [0.5, 0.6) is 11.5 Å². The van der Waals surface area contributed by atoms with Gasteiger partial charge in [-0.1, -0.05) is 18.2 Å². The predicted molar refractivity (Wildman–Crippen MR) is 102 cm³/mol. The van der Waals surface area contributed by atoms with Gasteiger partial charge in [0.2, 0.25) is 0 Å². The number of hydrogen-bond donors (Lipinski definition) is 1. The summed E-state index contributed by atoms with van der Waals surface area (Å²) in [7, 11) is -0.794. The van der Waals surface area contributed by atoms with Gasteiger partial charge in [0.15, 0.2) is 0 Å². The van der Waals surface area contributed by atoms with Gasteiger partial charge >= 0.3 is 0 Å². The monoisotopic (exact) mass is 387 g/mol. The minimum absolute atomic E-state index is 0.149. The van der Waals surface area contributed by atoms with Crippen molar-refractivity contribution in [2.24, 2.45) is 0 Å². The fourth-order valence-corrected chi connectivity index (χ4v) is 3.70. The van der Waals surface area contributed by atoms with Gasteiger partial charge in [0.25, 0.3) is 10.0 Å². The van der Waals surface area contributed by atoms with E-state index in [1.54, 1.807) is 44.6 Å².